The van der Waals surface area contributed by atoms with Gasteiger partial charge < -0.3 is 4.74 Å². The Hall–Kier alpha value is -0.800. The van der Waals surface area contributed by atoms with Crippen molar-refractivity contribution in [2.45, 2.75) is 32.5 Å². The molecule has 0 aliphatic rings. The maximum absolute atomic E-state index is 5.67. The first-order chi connectivity index (χ1) is 9.88. The van der Waals surface area contributed by atoms with E-state index in [-0.39, 0.29) is 4.83 Å². The monoisotopic (exact) mass is 410 g/mol. The molecule has 112 valence electrons. The van der Waals surface area contributed by atoms with Crippen molar-refractivity contribution < 1.29 is 4.74 Å². The molecule has 21 heavy (non-hydrogen) atoms. The molecule has 1 atom stereocenters. The van der Waals surface area contributed by atoms with Gasteiger partial charge in [-0.15, -0.1) is 0 Å². The van der Waals surface area contributed by atoms with E-state index in [9.17, 15) is 0 Å². The number of hydrogen-bond acceptors (Lipinski definition) is 1. The van der Waals surface area contributed by atoms with Crippen molar-refractivity contribution in [2.75, 3.05) is 7.11 Å². The molecule has 2 aromatic carbocycles. The van der Waals surface area contributed by atoms with Crippen LogP contribution in [-0.4, -0.2) is 7.11 Å². The fraction of sp³-hybridized carbons (Fsp3) is 0.333. The van der Waals surface area contributed by atoms with E-state index >= 15 is 0 Å². The van der Waals surface area contributed by atoms with Gasteiger partial charge in [0.15, 0.2) is 0 Å². The molecule has 0 aliphatic carbocycles. The van der Waals surface area contributed by atoms with Crippen molar-refractivity contribution in [3.05, 3.63) is 62.1 Å². The van der Waals surface area contributed by atoms with Crippen molar-refractivity contribution >= 4 is 31.9 Å². The van der Waals surface area contributed by atoms with Crippen LogP contribution in [0.5, 0.6) is 5.75 Å². The molecule has 0 fully saturated rings. The third-order valence-electron chi connectivity index (χ3n) is 4.09. The minimum Gasteiger partial charge on any atom is -0.496 e. The predicted molar refractivity (Wildman–Crippen MR) is 96.9 cm³/mol. The number of methoxy groups -OCH3 is 1. The molecule has 0 saturated heterocycles. The molecule has 0 radical (unpaired) electrons. The van der Waals surface area contributed by atoms with E-state index in [2.05, 4.69) is 83.8 Å². The molecule has 0 bridgehead atoms. The fourth-order valence-corrected chi connectivity index (χ4v) is 4.26. The second-order valence-electron chi connectivity index (χ2n) is 5.40. The number of ether oxygens (including phenoxy) is 1. The lowest BCUT2D eigenvalue weighted by molar-refractivity contribution is 0.406. The van der Waals surface area contributed by atoms with Crippen LogP contribution in [0.3, 0.4) is 0 Å². The van der Waals surface area contributed by atoms with Crippen LogP contribution in [0.25, 0.3) is 0 Å². The number of halogens is 2. The van der Waals surface area contributed by atoms with Crippen molar-refractivity contribution in [3.63, 3.8) is 0 Å². The maximum Gasteiger partial charge on any atom is 0.126 e. The van der Waals surface area contributed by atoms with Gasteiger partial charge in [-0.2, -0.15) is 0 Å². The summed E-state index contributed by atoms with van der Waals surface area (Å²) in [6.45, 7) is 8.52. The molecule has 1 nitrogen and oxygen atoms in total. The summed E-state index contributed by atoms with van der Waals surface area (Å²) in [6, 6.07) is 8.55. The second-order valence-corrected chi connectivity index (χ2v) is 7.17. The lowest BCUT2D eigenvalue weighted by Crippen LogP contribution is -2.04. The van der Waals surface area contributed by atoms with Crippen LogP contribution in [-0.2, 0) is 0 Å². The zero-order valence-corrected chi connectivity index (χ0v) is 16.2. The van der Waals surface area contributed by atoms with Gasteiger partial charge in [-0.25, -0.2) is 0 Å². The zero-order chi connectivity index (χ0) is 15.7. The average molecular weight is 412 g/mol. The molecule has 0 spiro atoms. The van der Waals surface area contributed by atoms with E-state index in [1.165, 1.54) is 27.8 Å². The van der Waals surface area contributed by atoms with Gasteiger partial charge >= 0.3 is 0 Å². The van der Waals surface area contributed by atoms with Crippen LogP contribution in [0, 0.1) is 27.7 Å². The number of aryl methyl sites for hydroxylation is 2. The Morgan fingerprint density at radius 1 is 1.00 bits per heavy atom. The average Bonchev–Trinajstić information content (AvgIpc) is 2.44. The summed E-state index contributed by atoms with van der Waals surface area (Å²) in [5.74, 6) is 0.957. The van der Waals surface area contributed by atoms with Crippen molar-refractivity contribution in [3.8, 4) is 5.75 Å². The van der Waals surface area contributed by atoms with E-state index in [1.54, 1.807) is 7.11 Å². The summed E-state index contributed by atoms with van der Waals surface area (Å²) in [5.41, 5.74) is 7.45. The molecule has 1 unspecified atom stereocenters. The Balaban J connectivity index is 2.68. The van der Waals surface area contributed by atoms with Gasteiger partial charge in [0.2, 0.25) is 0 Å². The number of alkyl halides is 1. The Morgan fingerprint density at radius 2 is 1.67 bits per heavy atom. The van der Waals surface area contributed by atoms with E-state index in [4.69, 9.17) is 4.74 Å². The molecule has 0 aliphatic heterocycles. The number of hydrogen-bond donors (Lipinski definition) is 0. The van der Waals surface area contributed by atoms with Gasteiger partial charge in [-0.1, -0.05) is 50.1 Å². The Morgan fingerprint density at radius 3 is 2.29 bits per heavy atom. The highest BCUT2D eigenvalue weighted by Crippen LogP contribution is 2.44. The van der Waals surface area contributed by atoms with Crippen molar-refractivity contribution in [1.29, 1.82) is 0 Å². The number of rotatable bonds is 3. The molecule has 2 rings (SSSR count). The molecule has 0 heterocycles. The first-order valence-corrected chi connectivity index (χ1v) is 8.63. The van der Waals surface area contributed by atoms with Crippen LogP contribution >= 0.6 is 31.9 Å². The van der Waals surface area contributed by atoms with E-state index in [0.29, 0.717) is 0 Å². The summed E-state index contributed by atoms with van der Waals surface area (Å²) in [5, 5.41) is 0. The van der Waals surface area contributed by atoms with Crippen LogP contribution in [0.1, 0.15) is 38.2 Å². The van der Waals surface area contributed by atoms with Gasteiger partial charge in [-0.3, -0.25) is 0 Å². The third kappa shape index (κ3) is 3.04. The minimum atomic E-state index is 0.114. The lowest BCUT2D eigenvalue weighted by atomic mass is 9.93. The quantitative estimate of drug-likeness (QED) is 0.548. The van der Waals surface area contributed by atoms with Crippen LogP contribution < -0.4 is 4.74 Å². The second kappa shape index (κ2) is 6.53. The van der Waals surface area contributed by atoms with Crippen LogP contribution in [0.15, 0.2) is 28.7 Å². The zero-order valence-electron chi connectivity index (χ0n) is 13.1. The molecule has 0 N–H and O–H groups in total. The number of benzene rings is 2. The summed E-state index contributed by atoms with van der Waals surface area (Å²) in [7, 11) is 1.74. The lowest BCUT2D eigenvalue weighted by Gasteiger charge is -2.22. The Labute approximate surface area is 144 Å². The maximum atomic E-state index is 5.67. The first kappa shape index (κ1) is 16.6. The minimum absolute atomic E-state index is 0.114. The van der Waals surface area contributed by atoms with Gasteiger partial charge in [0.25, 0.3) is 0 Å². The van der Waals surface area contributed by atoms with Crippen molar-refractivity contribution in [2.24, 2.45) is 0 Å². The SMILES string of the molecule is COc1c(C)cc(Br)c(C)c1C(Br)c1cccc(C)c1C. The van der Waals surface area contributed by atoms with Gasteiger partial charge in [0.1, 0.15) is 5.75 Å². The highest BCUT2D eigenvalue weighted by Gasteiger charge is 2.22. The predicted octanol–water partition coefficient (Wildman–Crippen LogP) is 6.18. The smallest absolute Gasteiger partial charge is 0.126 e. The summed E-state index contributed by atoms with van der Waals surface area (Å²) in [6.07, 6.45) is 0. The summed E-state index contributed by atoms with van der Waals surface area (Å²) < 4.78 is 6.79. The van der Waals surface area contributed by atoms with Crippen LogP contribution in [0.2, 0.25) is 0 Å². The molecular weight excluding hydrogens is 392 g/mol. The summed E-state index contributed by atoms with van der Waals surface area (Å²) >= 11 is 7.55. The highest BCUT2D eigenvalue weighted by molar-refractivity contribution is 9.10. The van der Waals surface area contributed by atoms with Gasteiger partial charge in [-0.05, 0) is 61.6 Å². The van der Waals surface area contributed by atoms with E-state index < -0.39 is 0 Å². The molecule has 3 heteroatoms. The van der Waals surface area contributed by atoms with E-state index in [1.807, 2.05) is 0 Å². The Kier molecular flexibility index (Phi) is 5.15. The summed E-state index contributed by atoms with van der Waals surface area (Å²) in [4.78, 5) is 0.114. The van der Waals surface area contributed by atoms with Gasteiger partial charge in [0.05, 0.1) is 11.9 Å². The van der Waals surface area contributed by atoms with E-state index in [0.717, 1.165) is 15.8 Å². The first-order valence-electron chi connectivity index (χ1n) is 6.92. The normalized spacial score (nSPS) is 12.3. The third-order valence-corrected chi connectivity index (χ3v) is 5.86. The highest BCUT2D eigenvalue weighted by atomic mass is 79.9. The molecule has 2 aromatic rings. The topological polar surface area (TPSA) is 9.23 Å². The molecule has 0 aromatic heterocycles. The van der Waals surface area contributed by atoms with Gasteiger partial charge in [0, 0.05) is 10.0 Å². The van der Waals surface area contributed by atoms with Crippen molar-refractivity contribution in [1.82, 2.24) is 0 Å². The van der Waals surface area contributed by atoms with Crippen LogP contribution in [0.4, 0.5) is 0 Å². The standard InChI is InChI=1S/C18H20Br2O/c1-10-7-6-8-14(12(10)3)17(20)16-13(4)15(19)9-11(2)18(16)21-5/h6-9,17H,1-5H3. The Bertz CT molecular complexity index is 677. The molecule has 0 saturated carbocycles. The largest absolute Gasteiger partial charge is 0.496 e. The molecular formula is C18H20Br2O. The molecule has 0 amide bonds. The fourth-order valence-electron chi connectivity index (χ4n) is 2.66.